The first kappa shape index (κ1) is 17.6. The molecular weight excluding hydrogens is 313 g/mol. The van der Waals surface area contributed by atoms with Crippen LogP contribution in [-0.2, 0) is 11.3 Å². The van der Waals surface area contributed by atoms with Crippen molar-refractivity contribution < 1.29 is 23.4 Å². The highest BCUT2D eigenvalue weighted by atomic mass is 19.1. The van der Waals surface area contributed by atoms with Gasteiger partial charge in [-0.3, -0.25) is 4.79 Å². The van der Waals surface area contributed by atoms with Crippen molar-refractivity contribution in [1.82, 2.24) is 5.32 Å². The highest BCUT2D eigenvalue weighted by Crippen LogP contribution is 2.24. The van der Waals surface area contributed by atoms with E-state index in [1.807, 2.05) is 12.1 Å². The Morgan fingerprint density at radius 2 is 1.75 bits per heavy atom. The van der Waals surface area contributed by atoms with Crippen LogP contribution in [0.2, 0.25) is 0 Å². The van der Waals surface area contributed by atoms with Crippen LogP contribution in [-0.4, -0.2) is 26.7 Å². The van der Waals surface area contributed by atoms with Gasteiger partial charge >= 0.3 is 0 Å². The monoisotopic (exact) mass is 333 g/mol. The van der Waals surface area contributed by atoms with E-state index in [4.69, 9.17) is 14.2 Å². The Balaban J connectivity index is 1.77. The fraction of sp³-hybridized carbons (Fsp3) is 0.278. The minimum Gasteiger partial charge on any atom is -0.497 e. The van der Waals surface area contributed by atoms with Crippen LogP contribution >= 0.6 is 0 Å². The van der Waals surface area contributed by atoms with Crippen LogP contribution in [0.4, 0.5) is 4.39 Å². The lowest BCUT2D eigenvalue weighted by atomic mass is 10.2. The molecule has 128 valence electrons. The van der Waals surface area contributed by atoms with E-state index < -0.39 is 0 Å². The topological polar surface area (TPSA) is 56.8 Å². The van der Waals surface area contributed by atoms with Crippen LogP contribution in [0.5, 0.6) is 17.2 Å². The van der Waals surface area contributed by atoms with E-state index in [1.165, 1.54) is 24.3 Å². The molecule has 0 aromatic heterocycles. The lowest BCUT2D eigenvalue weighted by Gasteiger charge is -2.11. The number of nitrogens with one attached hydrogen (secondary N) is 1. The van der Waals surface area contributed by atoms with Gasteiger partial charge in [-0.05, 0) is 36.4 Å². The van der Waals surface area contributed by atoms with Crippen LogP contribution in [0.25, 0.3) is 0 Å². The smallest absolute Gasteiger partial charge is 0.223 e. The number of hydrogen-bond acceptors (Lipinski definition) is 4. The Morgan fingerprint density at radius 3 is 2.42 bits per heavy atom. The number of carbonyl (C=O) groups is 1. The van der Waals surface area contributed by atoms with Crippen molar-refractivity contribution >= 4 is 5.91 Å². The second-order valence-corrected chi connectivity index (χ2v) is 5.01. The fourth-order valence-corrected chi connectivity index (χ4v) is 2.07. The average Bonchev–Trinajstić information content (AvgIpc) is 2.61. The fourth-order valence-electron chi connectivity index (χ4n) is 2.07. The van der Waals surface area contributed by atoms with Crippen molar-refractivity contribution in [2.45, 2.75) is 13.0 Å². The van der Waals surface area contributed by atoms with Gasteiger partial charge in [0.2, 0.25) is 5.91 Å². The van der Waals surface area contributed by atoms with Crippen molar-refractivity contribution in [3.63, 3.8) is 0 Å². The predicted octanol–water partition coefficient (Wildman–Crippen LogP) is 2.93. The van der Waals surface area contributed by atoms with Crippen LogP contribution in [0.3, 0.4) is 0 Å². The molecule has 0 spiro atoms. The Kier molecular flexibility index (Phi) is 6.42. The van der Waals surface area contributed by atoms with Crippen LogP contribution < -0.4 is 19.5 Å². The van der Waals surface area contributed by atoms with Crippen molar-refractivity contribution in [1.29, 1.82) is 0 Å². The SMILES string of the molecule is COc1ccc(CNC(=O)CCOc2ccc(F)cc2)c(OC)c1. The van der Waals surface area contributed by atoms with E-state index in [0.29, 0.717) is 23.8 Å². The third-order valence-electron chi connectivity index (χ3n) is 3.38. The molecule has 1 amide bonds. The second kappa shape index (κ2) is 8.76. The number of methoxy groups -OCH3 is 2. The summed E-state index contributed by atoms with van der Waals surface area (Å²) in [7, 11) is 3.15. The summed E-state index contributed by atoms with van der Waals surface area (Å²) < 4.78 is 28.6. The summed E-state index contributed by atoms with van der Waals surface area (Å²) >= 11 is 0. The molecule has 0 bridgehead atoms. The Morgan fingerprint density at radius 1 is 1.04 bits per heavy atom. The lowest BCUT2D eigenvalue weighted by molar-refractivity contribution is -0.121. The lowest BCUT2D eigenvalue weighted by Crippen LogP contribution is -2.24. The molecule has 0 aliphatic carbocycles. The molecule has 0 atom stereocenters. The molecule has 2 rings (SSSR count). The highest BCUT2D eigenvalue weighted by Gasteiger charge is 2.07. The zero-order valence-electron chi connectivity index (χ0n) is 13.7. The number of halogens is 1. The van der Waals surface area contributed by atoms with Gasteiger partial charge in [0.25, 0.3) is 0 Å². The third-order valence-corrected chi connectivity index (χ3v) is 3.38. The summed E-state index contributed by atoms with van der Waals surface area (Å²) in [6.07, 6.45) is 0.204. The standard InChI is InChI=1S/C18H20FNO4/c1-22-16-6-3-13(17(11-16)23-2)12-20-18(21)9-10-24-15-7-4-14(19)5-8-15/h3-8,11H,9-10,12H2,1-2H3,(H,20,21). The quantitative estimate of drug-likeness (QED) is 0.807. The van der Waals surface area contributed by atoms with Gasteiger partial charge in [0.05, 0.1) is 27.2 Å². The maximum absolute atomic E-state index is 12.8. The molecule has 2 aromatic rings. The molecule has 0 aliphatic rings. The molecule has 0 saturated carbocycles. The number of benzene rings is 2. The van der Waals surface area contributed by atoms with Gasteiger partial charge in [-0.15, -0.1) is 0 Å². The summed E-state index contributed by atoms with van der Waals surface area (Å²) in [4.78, 5) is 11.9. The van der Waals surface area contributed by atoms with E-state index in [2.05, 4.69) is 5.32 Å². The van der Waals surface area contributed by atoms with Crippen molar-refractivity contribution in [2.24, 2.45) is 0 Å². The Hall–Kier alpha value is -2.76. The van der Waals surface area contributed by atoms with Gasteiger partial charge in [-0.25, -0.2) is 4.39 Å². The summed E-state index contributed by atoms with van der Waals surface area (Å²) in [5, 5.41) is 2.81. The molecule has 2 aromatic carbocycles. The summed E-state index contributed by atoms with van der Waals surface area (Å²) in [6.45, 7) is 0.569. The summed E-state index contributed by atoms with van der Waals surface area (Å²) in [5.41, 5.74) is 0.853. The van der Waals surface area contributed by atoms with Gasteiger partial charge in [0, 0.05) is 18.2 Å². The molecular formula is C18H20FNO4. The zero-order chi connectivity index (χ0) is 17.4. The van der Waals surface area contributed by atoms with Crippen LogP contribution in [0.1, 0.15) is 12.0 Å². The van der Waals surface area contributed by atoms with Gasteiger partial charge in [-0.2, -0.15) is 0 Å². The van der Waals surface area contributed by atoms with E-state index >= 15 is 0 Å². The molecule has 6 heteroatoms. The zero-order valence-corrected chi connectivity index (χ0v) is 13.7. The van der Waals surface area contributed by atoms with E-state index in [0.717, 1.165) is 5.56 Å². The van der Waals surface area contributed by atoms with Crippen molar-refractivity contribution in [3.05, 3.63) is 53.8 Å². The summed E-state index contributed by atoms with van der Waals surface area (Å²) in [6, 6.07) is 11.1. The molecule has 0 heterocycles. The molecule has 0 unspecified atom stereocenters. The minimum atomic E-state index is -0.325. The third kappa shape index (κ3) is 5.15. The Bertz CT molecular complexity index is 673. The van der Waals surface area contributed by atoms with Crippen LogP contribution in [0.15, 0.2) is 42.5 Å². The number of hydrogen-bond donors (Lipinski definition) is 1. The molecule has 1 N–H and O–H groups in total. The summed E-state index contributed by atoms with van der Waals surface area (Å²) in [5.74, 6) is 1.40. The predicted molar refractivity (Wildman–Crippen MR) is 87.9 cm³/mol. The Labute approximate surface area is 140 Å². The van der Waals surface area contributed by atoms with Crippen molar-refractivity contribution in [2.75, 3.05) is 20.8 Å². The van der Waals surface area contributed by atoms with E-state index in [1.54, 1.807) is 20.3 Å². The number of rotatable bonds is 8. The van der Waals surface area contributed by atoms with Gasteiger partial charge < -0.3 is 19.5 Å². The molecule has 0 radical (unpaired) electrons. The van der Waals surface area contributed by atoms with Crippen LogP contribution in [0, 0.1) is 5.82 Å². The normalized spacial score (nSPS) is 10.1. The van der Waals surface area contributed by atoms with Gasteiger partial charge in [-0.1, -0.05) is 0 Å². The highest BCUT2D eigenvalue weighted by molar-refractivity contribution is 5.76. The number of carbonyl (C=O) groups excluding carboxylic acids is 1. The second-order valence-electron chi connectivity index (χ2n) is 5.01. The van der Waals surface area contributed by atoms with Gasteiger partial charge in [0.15, 0.2) is 0 Å². The maximum atomic E-state index is 12.8. The molecule has 5 nitrogen and oxygen atoms in total. The molecule has 0 fully saturated rings. The average molecular weight is 333 g/mol. The first-order valence-corrected chi connectivity index (χ1v) is 7.48. The largest absolute Gasteiger partial charge is 0.497 e. The van der Waals surface area contributed by atoms with Crippen molar-refractivity contribution in [3.8, 4) is 17.2 Å². The van der Waals surface area contributed by atoms with Gasteiger partial charge in [0.1, 0.15) is 23.1 Å². The number of ether oxygens (including phenoxy) is 3. The van der Waals surface area contributed by atoms with E-state index in [9.17, 15) is 9.18 Å². The maximum Gasteiger partial charge on any atom is 0.223 e. The van der Waals surface area contributed by atoms with E-state index in [-0.39, 0.29) is 24.8 Å². The molecule has 24 heavy (non-hydrogen) atoms. The molecule has 0 aliphatic heterocycles. The first-order valence-electron chi connectivity index (χ1n) is 7.48. The number of amides is 1. The first-order chi connectivity index (χ1) is 11.6. The minimum absolute atomic E-state index is 0.144. The molecule has 0 saturated heterocycles.